The van der Waals surface area contributed by atoms with Gasteiger partial charge in [-0.2, -0.15) is 10.4 Å². The van der Waals surface area contributed by atoms with Gasteiger partial charge >= 0.3 is 0 Å². The first-order valence-corrected chi connectivity index (χ1v) is 12.0. The molecule has 36 heavy (non-hydrogen) atoms. The van der Waals surface area contributed by atoms with Crippen LogP contribution in [-0.2, 0) is 13.6 Å². The molecular weight excluding hydrogens is 497 g/mol. The molecule has 0 atom stereocenters. The molecule has 9 nitrogen and oxygen atoms in total. The molecule has 0 saturated carbocycles. The van der Waals surface area contributed by atoms with Crippen LogP contribution >= 0.6 is 23.2 Å². The van der Waals surface area contributed by atoms with Crippen LogP contribution in [0.4, 0.5) is 11.5 Å². The molecule has 1 aromatic carbocycles. The molecule has 0 bridgehead atoms. The van der Waals surface area contributed by atoms with E-state index in [-0.39, 0.29) is 22.2 Å². The Morgan fingerprint density at radius 1 is 1.14 bits per heavy atom. The number of aryl methyl sites for hydroxylation is 2. The third kappa shape index (κ3) is 5.67. The van der Waals surface area contributed by atoms with Gasteiger partial charge in [0.05, 0.1) is 12.2 Å². The van der Waals surface area contributed by atoms with E-state index in [1.54, 1.807) is 21.8 Å². The SMILES string of the molecule is Cc1nn(C)c2nc(NN(Cc3ccccc3)C(=NC#N)Nc3cc(Cl)nc(Cl)c3)cc(C(C)C)c12. The summed E-state index contributed by atoms with van der Waals surface area (Å²) < 4.78 is 1.77. The number of guanidine groups is 1. The highest BCUT2D eigenvalue weighted by molar-refractivity contribution is 6.33. The smallest absolute Gasteiger partial charge is 0.233 e. The van der Waals surface area contributed by atoms with Gasteiger partial charge in [0, 0.05) is 18.1 Å². The molecule has 11 heteroatoms. The molecule has 4 rings (SSSR count). The third-order valence-corrected chi connectivity index (χ3v) is 5.87. The summed E-state index contributed by atoms with van der Waals surface area (Å²) in [5, 5.41) is 20.3. The van der Waals surface area contributed by atoms with Gasteiger partial charge in [0.15, 0.2) is 5.65 Å². The predicted octanol–water partition coefficient (Wildman–Crippen LogP) is 5.88. The fourth-order valence-electron chi connectivity index (χ4n) is 3.93. The van der Waals surface area contributed by atoms with Crippen molar-refractivity contribution in [3.63, 3.8) is 0 Å². The monoisotopic (exact) mass is 521 g/mol. The molecule has 2 N–H and O–H groups in total. The van der Waals surface area contributed by atoms with Crippen molar-refractivity contribution in [2.75, 3.05) is 10.7 Å². The van der Waals surface area contributed by atoms with Crippen LogP contribution < -0.4 is 10.7 Å². The number of hydrazine groups is 1. The van der Waals surface area contributed by atoms with Crippen LogP contribution in [-0.4, -0.2) is 30.7 Å². The summed E-state index contributed by atoms with van der Waals surface area (Å²) in [6, 6.07) is 15.0. The fourth-order valence-corrected chi connectivity index (χ4v) is 4.39. The van der Waals surface area contributed by atoms with Crippen molar-refractivity contribution >= 4 is 51.7 Å². The van der Waals surface area contributed by atoms with Crippen LogP contribution in [0.2, 0.25) is 10.3 Å². The maximum atomic E-state index is 9.48. The second-order valence-electron chi connectivity index (χ2n) is 8.50. The first kappa shape index (κ1) is 25.2. The summed E-state index contributed by atoms with van der Waals surface area (Å²) in [5.41, 5.74) is 7.67. The van der Waals surface area contributed by atoms with Gasteiger partial charge in [-0.15, -0.1) is 4.99 Å². The van der Waals surface area contributed by atoms with Gasteiger partial charge in [0.25, 0.3) is 0 Å². The number of fused-ring (bicyclic) bond motifs is 1. The first-order chi connectivity index (χ1) is 17.2. The minimum atomic E-state index is 0.212. The Morgan fingerprint density at radius 3 is 2.47 bits per heavy atom. The normalized spacial score (nSPS) is 11.6. The zero-order valence-electron chi connectivity index (χ0n) is 20.3. The van der Waals surface area contributed by atoms with Gasteiger partial charge in [-0.05, 0) is 42.2 Å². The van der Waals surface area contributed by atoms with Gasteiger partial charge in [-0.1, -0.05) is 67.4 Å². The lowest BCUT2D eigenvalue weighted by atomic mass is 10.00. The number of benzene rings is 1. The van der Waals surface area contributed by atoms with Crippen molar-refractivity contribution in [1.29, 1.82) is 5.26 Å². The average molecular weight is 522 g/mol. The van der Waals surface area contributed by atoms with Crippen LogP contribution in [0.25, 0.3) is 11.0 Å². The number of nitrogens with one attached hydrogen (secondary N) is 2. The summed E-state index contributed by atoms with van der Waals surface area (Å²) >= 11 is 12.2. The van der Waals surface area contributed by atoms with Crippen molar-refractivity contribution in [3.05, 3.63) is 75.7 Å². The number of anilines is 2. The van der Waals surface area contributed by atoms with Crippen molar-refractivity contribution in [2.45, 2.75) is 33.2 Å². The minimum absolute atomic E-state index is 0.212. The number of aliphatic imine (C=N–C) groups is 1. The molecule has 184 valence electrons. The summed E-state index contributed by atoms with van der Waals surface area (Å²) in [6.45, 7) is 6.63. The lowest BCUT2D eigenvalue weighted by Crippen LogP contribution is -2.40. The lowest BCUT2D eigenvalue weighted by molar-refractivity contribution is 0.487. The van der Waals surface area contributed by atoms with Gasteiger partial charge in [-0.25, -0.2) is 15.0 Å². The summed E-state index contributed by atoms with van der Waals surface area (Å²) in [5.74, 6) is 1.06. The van der Waals surface area contributed by atoms with Crippen LogP contribution in [0.1, 0.15) is 36.6 Å². The minimum Gasteiger partial charge on any atom is -0.324 e. The van der Waals surface area contributed by atoms with Crippen LogP contribution in [0.3, 0.4) is 0 Å². The third-order valence-electron chi connectivity index (χ3n) is 5.48. The summed E-state index contributed by atoms with van der Waals surface area (Å²) in [4.78, 5) is 12.8. The average Bonchev–Trinajstić information content (AvgIpc) is 3.11. The zero-order chi connectivity index (χ0) is 25.8. The summed E-state index contributed by atoms with van der Waals surface area (Å²) in [6.07, 6.45) is 1.87. The Bertz CT molecular complexity index is 1440. The Balaban J connectivity index is 1.77. The van der Waals surface area contributed by atoms with Crippen molar-refractivity contribution in [2.24, 2.45) is 12.0 Å². The maximum Gasteiger partial charge on any atom is 0.233 e. The van der Waals surface area contributed by atoms with Crippen molar-refractivity contribution in [1.82, 2.24) is 24.8 Å². The highest BCUT2D eigenvalue weighted by Gasteiger charge is 2.19. The number of nitrogens with zero attached hydrogens (tertiary/aromatic N) is 7. The highest BCUT2D eigenvalue weighted by Crippen LogP contribution is 2.29. The molecule has 0 unspecified atom stereocenters. The molecule has 0 fully saturated rings. The number of hydrogen-bond donors (Lipinski definition) is 2. The van der Waals surface area contributed by atoms with Gasteiger partial charge < -0.3 is 5.32 Å². The largest absolute Gasteiger partial charge is 0.324 e. The van der Waals surface area contributed by atoms with Crippen molar-refractivity contribution in [3.8, 4) is 6.19 Å². The van der Waals surface area contributed by atoms with Crippen LogP contribution in [0, 0.1) is 18.4 Å². The standard InChI is InChI=1S/C25H25Cl2N9/c1-15(2)19-12-22(32-24-23(19)16(3)33-35(24)4)34-36(13-17-8-6-5-7-9-17)25(29-14-28)30-18-10-20(26)31-21(27)11-18/h5-12,15H,13H2,1-4H3,(H,32,34)(H,29,30,31). The summed E-state index contributed by atoms with van der Waals surface area (Å²) in [7, 11) is 1.87. The molecule has 0 radical (unpaired) electrons. The first-order valence-electron chi connectivity index (χ1n) is 11.2. The van der Waals surface area contributed by atoms with E-state index in [9.17, 15) is 5.26 Å². The molecule has 0 aliphatic carbocycles. The Kier molecular flexibility index (Phi) is 7.58. The van der Waals surface area contributed by atoms with Gasteiger partial charge in [0.1, 0.15) is 16.1 Å². The molecule has 3 aromatic heterocycles. The highest BCUT2D eigenvalue weighted by atomic mass is 35.5. The lowest BCUT2D eigenvalue weighted by Gasteiger charge is -2.27. The van der Waals surface area contributed by atoms with Gasteiger partial charge in [-0.3, -0.25) is 10.1 Å². The Morgan fingerprint density at radius 2 is 1.83 bits per heavy atom. The van der Waals surface area contributed by atoms with E-state index >= 15 is 0 Å². The van der Waals surface area contributed by atoms with E-state index in [2.05, 4.69) is 39.7 Å². The Hall–Kier alpha value is -3.87. The van der Waals surface area contributed by atoms with E-state index in [0.29, 0.717) is 18.1 Å². The Labute approximate surface area is 219 Å². The number of aromatic nitrogens is 4. The second-order valence-corrected chi connectivity index (χ2v) is 9.28. The van der Waals surface area contributed by atoms with E-state index in [1.165, 1.54) is 0 Å². The molecule has 3 heterocycles. The molecule has 0 amide bonds. The fraction of sp³-hybridized carbons (Fsp3) is 0.240. The van der Waals surface area contributed by atoms with E-state index in [1.807, 2.05) is 56.6 Å². The molecule has 0 saturated heterocycles. The van der Waals surface area contributed by atoms with Crippen LogP contribution in [0.15, 0.2) is 53.5 Å². The topological polar surface area (TPSA) is 107 Å². The number of nitriles is 1. The van der Waals surface area contributed by atoms with E-state index in [0.717, 1.165) is 27.9 Å². The molecular formula is C25H25Cl2N9. The molecule has 4 aromatic rings. The second kappa shape index (κ2) is 10.8. The van der Waals surface area contributed by atoms with E-state index in [4.69, 9.17) is 28.2 Å². The molecule has 0 spiro atoms. The van der Waals surface area contributed by atoms with E-state index < -0.39 is 0 Å². The predicted molar refractivity (Wildman–Crippen MR) is 144 cm³/mol. The quantitative estimate of drug-likeness (QED) is 0.107. The zero-order valence-corrected chi connectivity index (χ0v) is 21.8. The van der Waals surface area contributed by atoms with Crippen LogP contribution in [0.5, 0.6) is 0 Å². The number of pyridine rings is 2. The molecule has 0 aliphatic heterocycles. The maximum absolute atomic E-state index is 9.48. The van der Waals surface area contributed by atoms with Crippen molar-refractivity contribution < 1.29 is 0 Å². The number of hydrogen-bond acceptors (Lipinski definition) is 6. The van der Waals surface area contributed by atoms with Gasteiger partial charge in [0.2, 0.25) is 12.2 Å². The number of rotatable bonds is 6. The number of halogens is 2. The molecule has 0 aliphatic rings.